The summed E-state index contributed by atoms with van der Waals surface area (Å²) in [6, 6.07) is 12.8. The minimum Gasteiger partial charge on any atom is -0.493 e. The van der Waals surface area contributed by atoms with E-state index in [0.29, 0.717) is 22.6 Å². The molecule has 0 bridgehead atoms. The summed E-state index contributed by atoms with van der Waals surface area (Å²) in [5.74, 6) is 0.744. The number of nitrogens with one attached hydrogen (secondary N) is 1. The van der Waals surface area contributed by atoms with Crippen molar-refractivity contribution in [1.82, 2.24) is 4.98 Å². The lowest BCUT2D eigenvalue weighted by Crippen LogP contribution is -2.11. The number of ether oxygens (including phenoxy) is 2. The molecule has 0 fully saturated rings. The predicted octanol–water partition coefficient (Wildman–Crippen LogP) is 3.87. The molecule has 25 heavy (non-hydrogen) atoms. The number of aromatic nitrogens is 1. The fourth-order valence-corrected chi connectivity index (χ4v) is 2.82. The number of carbonyl (C=O) groups is 1. The summed E-state index contributed by atoms with van der Waals surface area (Å²) in [5, 5.41) is 9.83. The zero-order chi connectivity index (χ0) is 17.8. The first-order chi connectivity index (χ1) is 12.2. The second-order valence-electron chi connectivity index (χ2n) is 5.58. The highest BCUT2D eigenvalue weighted by atomic mass is 16.5. The first-order valence-electron chi connectivity index (χ1n) is 8.01. The Morgan fingerprint density at radius 1 is 1.24 bits per heavy atom. The van der Waals surface area contributed by atoms with Gasteiger partial charge in [-0.1, -0.05) is 25.1 Å². The molecule has 126 valence electrons. The van der Waals surface area contributed by atoms with Gasteiger partial charge in [0.25, 0.3) is 0 Å². The SMILES string of the molecule is CCc1cccc2c(C(=O)COc3ccc(C#N)cc3OC)c[nH]c12. The lowest BCUT2D eigenvalue weighted by atomic mass is 10.1. The van der Waals surface area contributed by atoms with Gasteiger partial charge in [-0.25, -0.2) is 0 Å². The van der Waals surface area contributed by atoms with E-state index in [9.17, 15) is 4.79 Å². The molecule has 0 unspecified atom stereocenters. The molecular formula is C20H18N2O3. The number of H-pyrrole nitrogens is 1. The summed E-state index contributed by atoms with van der Waals surface area (Å²) in [5.41, 5.74) is 3.24. The molecule has 0 spiro atoms. The molecule has 0 aliphatic carbocycles. The molecule has 0 saturated carbocycles. The maximum Gasteiger partial charge on any atom is 0.202 e. The zero-order valence-electron chi connectivity index (χ0n) is 14.1. The van der Waals surface area contributed by atoms with Crippen molar-refractivity contribution < 1.29 is 14.3 Å². The predicted molar refractivity (Wildman–Crippen MR) is 95.2 cm³/mol. The van der Waals surface area contributed by atoms with Crippen LogP contribution in [0.25, 0.3) is 10.9 Å². The Bertz CT molecular complexity index is 967. The monoisotopic (exact) mass is 334 g/mol. The van der Waals surface area contributed by atoms with E-state index in [-0.39, 0.29) is 12.4 Å². The van der Waals surface area contributed by atoms with Gasteiger partial charge in [0.15, 0.2) is 18.1 Å². The van der Waals surface area contributed by atoms with E-state index >= 15 is 0 Å². The van der Waals surface area contributed by atoms with Crippen molar-refractivity contribution >= 4 is 16.7 Å². The Kier molecular flexibility index (Phi) is 4.71. The first-order valence-corrected chi connectivity index (χ1v) is 8.01. The Hall–Kier alpha value is -3.26. The van der Waals surface area contributed by atoms with Crippen LogP contribution in [0.3, 0.4) is 0 Å². The number of aromatic amines is 1. The number of hydrogen-bond acceptors (Lipinski definition) is 4. The number of carbonyl (C=O) groups excluding carboxylic acids is 1. The molecule has 3 aromatic rings. The third-order valence-corrected chi connectivity index (χ3v) is 4.13. The topological polar surface area (TPSA) is 75.1 Å². The van der Waals surface area contributed by atoms with Crippen LogP contribution in [-0.4, -0.2) is 24.5 Å². The van der Waals surface area contributed by atoms with Crippen LogP contribution in [0.2, 0.25) is 0 Å². The average molecular weight is 334 g/mol. The molecule has 2 aromatic carbocycles. The van der Waals surface area contributed by atoms with Gasteiger partial charge < -0.3 is 14.5 Å². The average Bonchev–Trinajstić information content (AvgIpc) is 3.10. The van der Waals surface area contributed by atoms with E-state index in [1.54, 1.807) is 24.4 Å². The number of methoxy groups -OCH3 is 1. The summed E-state index contributed by atoms with van der Waals surface area (Å²) < 4.78 is 10.8. The zero-order valence-corrected chi connectivity index (χ0v) is 14.1. The minimum atomic E-state index is -0.120. The smallest absolute Gasteiger partial charge is 0.202 e. The maximum atomic E-state index is 12.6. The number of hydrogen-bond donors (Lipinski definition) is 1. The highest BCUT2D eigenvalue weighted by Gasteiger charge is 2.15. The van der Waals surface area contributed by atoms with Crippen molar-refractivity contribution in [3.05, 3.63) is 59.3 Å². The minimum absolute atomic E-state index is 0.106. The molecule has 0 atom stereocenters. The van der Waals surface area contributed by atoms with Crippen molar-refractivity contribution in [3.8, 4) is 17.6 Å². The van der Waals surface area contributed by atoms with Gasteiger partial charge in [-0.05, 0) is 24.1 Å². The summed E-state index contributed by atoms with van der Waals surface area (Å²) in [7, 11) is 1.50. The van der Waals surface area contributed by atoms with Crippen LogP contribution in [0.1, 0.15) is 28.4 Å². The molecule has 0 radical (unpaired) electrons. The molecule has 0 aliphatic rings. The molecule has 0 saturated heterocycles. The first kappa shape index (κ1) is 16.6. The highest BCUT2D eigenvalue weighted by Crippen LogP contribution is 2.28. The van der Waals surface area contributed by atoms with E-state index in [4.69, 9.17) is 14.7 Å². The number of ketones is 1. The van der Waals surface area contributed by atoms with Crippen molar-refractivity contribution in [2.75, 3.05) is 13.7 Å². The van der Waals surface area contributed by atoms with E-state index in [2.05, 4.69) is 11.9 Å². The third kappa shape index (κ3) is 3.20. The lowest BCUT2D eigenvalue weighted by Gasteiger charge is -2.10. The van der Waals surface area contributed by atoms with Crippen molar-refractivity contribution in [2.45, 2.75) is 13.3 Å². The van der Waals surface area contributed by atoms with Gasteiger partial charge in [0.1, 0.15) is 0 Å². The molecule has 0 aliphatic heterocycles. The number of Topliss-reactive ketones (excluding diaryl/α,β-unsaturated/α-hetero) is 1. The van der Waals surface area contributed by atoms with Gasteiger partial charge in [-0.3, -0.25) is 4.79 Å². The van der Waals surface area contributed by atoms with Crippen molar-refractivity contribution in [2.24, 2.45) is 0 Å². The maximum absolute atomic E-state index is 12.6. The van der Waals surface area contributed by atoms with Crippen LogP contribution in [0.5, 0.6) is 11.5 Å². The molecule has 1 N–H and O–H groups in total. The number of para-hydroxylation sites is 1. The van der Waals surface area contributed by atoms with Gasteiger partial charge in [0.2, 0.25) is 5.78 Å². The summed E-state index contributed by atoms with van der Waals surface area (Å²) >= 11 is 0. The molecular weight excluding hydrogens is 316 g/mol. The van der Waals surface area contributed by atoms with Gasteiger partial charge in [0, 0.05) is 28.7 Å². The van der Waals surface area contributed by atoms with E-state index < -0.39 is 0 Å². The standard InChI is InChI=1S/C20H18N2O3/c1-3-14-5-4-6-15-16(11-22-20(14)15)17(23)12-25-18-8-7-13(10-21)9-19(18)24-2/h4-9,11,22H,3,12H2,1-2H3. The Morgan fingerprint density at radius 3 is 2.80 bits per heavy atom. The molecule has 1 aromatic heterocycles. The van der Waals surface area contributed by atoms with Crippen molar-refractivity contribution in [3.63, 3.8) is 0 Å². The molecule has 1 heterocycles. The van der Waals surface area contributed by atoms with Crippen molar-refractivity contribution in [1.29, 1.82) is 5.26 Å². The Balaban J connectivity index is 1.81. The fraction of sp³-hybridized carbons (Fsp3) is 0.200. The van der Waals surface area contributed by atoms with Gasteiger partial charge in [-0.15, -0.1) is 0 Å². The number of nitrogens with zero attached hydrogens (tertiary/aromatic N) is 1. The van der Waals surface area contributed by atoms with Crippen LogP contribution in [-0.2, 0) is 6.42 Å². The van der Waals surface area contributed by atoms with Crippen LogP contribution in [0.15, 0.2) is 42.6 Å². The van der Waals surface area contributed by atoms with E-state index in [1.165, 1.54) is 12.7 Å². The van der Waals surface area contributed by atoms with E-state index in [1.807, 2.05) is 24.3 Å². The van der Waals surface area contributed by atoms with E-state index in [0.717, 1.165) is 17.3 Å². The number of aryl methyl sites for hydroxylation is 1. The van der Waals surface area contributed by atoms with Crippen LogP contribution >= 0.6 is 0 Å². The largest absolute Gasteiger partial charge is 0.493 e. The second kappa shape index (κ2) is 7.10. The second-order valence-corrected chi connectivity index (χ2v) is 5.58. The summed E-state index contributed by atoms with van der Waals surface area (Å²) in [6.45, 7) is 1.98. The summed E-state index contributed by atoms with van der Waals surface area (Å²) in [6.07, 6.45) is 2.62. The Labute approximate surface area is 145 Å². The Morgan fingerprint density at radius 2 is 2.08 bits per heavy atom. The van der Waals surface area contributed by atoms with Crippen LogP contribution in [0, 0.1) is 11.3 Å². The van der Waals surface area contributed by atoms with Crippen LogP contribution in [0.4, 0.5) is 0 Å². The molecule has 0 amide bonds. The van der Waals surface area contributed by atoms with Gasteiger partial charge in [-0.2, -0.15) is 5.26 Å². The molecule has 5 nitrogen and oxygen atoms in total. The number of nitriles is 1. The molecule has 3 rings (SSSR count). The third-order valence-electron chi connectivity index (χ3n) is 4.13. The number of benzene rings is 2. The number of rotatable bonds is 6. The normalized spacial score (nSPS) is 10.4. The van der Waals surface area contributed by atoms with Gasteiger partial charge in [0.05, 0.1) is 18.7 Å². The lowest BCUT2D eigenvalue weighted by molar-refractivity contribution is 0.0921. The summed E-state index contributed by atoms with van der Waals surface area (Å²) in [4.78, 5) is 15.8. The van der Waals surface area contributed by atoms with Gasteiger partial charge >= 0.3 is 0 Å². The quantitative estimate of drug-likeness (QED) is 0.694. The molecule has 5 heteroatoms. The number of fused-ring (bicyclic) bond motifs is 1. The van der Waals surface area contributed by atoms with Crippen LogP contribution < -0.4 is 9.47 Å². The highest BCUT2D eigenvalue weighted by molar-refractivity contribution is 6.09. The fourth-order valence-electron chi connectivity index (χ4n) is 2.82.